The summed E-state index contributed by atoms with van der Waals surface area (Å²) >= 11 is 0. The molecule has 0 bridgehead atoms. The Bertz CT molecular complexity index is 1610. The third-order valence-corrected chi connectivity index (χ3v) is 7.36. The van der Waals surface area contributed by atoms with Crippen LogP contribution in [-0.4, -0.2) is 81.3 Å². The van der Waals surface area contributed by atoms with Gasteiger partial charge in [0.1, 0.15) is 18.7 Å². The van der Waals surface area contributed by atoms with Gasteiger partial charge >= 0.3 is 23.7 Å². The number of carbonyl (C=O) groups is 6. The average molecular weight is 628 g/mol. The monoisotopic (exact) mass is 627 g/mol. The predicted molar refractivity (Wildman–Crippen MR) is 155 cm³/mol. The minimum atomic E-state index is -1.08. The van der Waals surface area contributed by atoms with E-state index in [-0.39, 0.29) is 24.6 Å². The van der Waals surface area contributed by atoms with Crippen molar-refractivity contribution >= 4 is 41.6 Å². The zero-order valence-electron chi connectivity index (χ0n) is 25.5. The van der Waals surface area contributed by atoms with E-state index in [1.165, 1.54) is 0 Å². The molecule has 1 saturated heterocycles. The van der Waals surface area contributed by atoms with Crippen molar-refractivity contribution in [2.45, 2.75) is 52.5 Å². The van der Waals surface area contributed by atoms with Crippen molar-refractivity contribution in [3.05, 3.63) is 55.8 Å². The first-order valence-electron chi connectivity index (χ1n) is 14.4. The summed E-state index contributed by atoms with van der Waals surface area (Å²) in [6.07, 6.45) is 8.07. The number of barbiturate groups is 1. The average Bonchev–Trinajstić information content (AvgIpc) is 3.02. The minimum absolute atomic E-state index is 0.00276. The van der Waals surface area contributed by atoms with Crippen LogP contribution in [0.3, 0.4) is 0 Å². The Morgan fingerprint density at radius 3 is 2.09 bits per heavy atom. The molecule has 15 nitrogen and oxygen atoms in total. The van der Waals surface area contributed by atoms with E-state index in [9.17, 15) is 43.5 Å². The number of amides is 4. The summed E-state index contributed by atoms with van der Waals surface area (Å²) in [6.45, 7) is 1.61. The van der Waals surface area contributed by atoms with E-state index in [4.69, 9.17) is 9.47 Å². The Hall–Kier alpha value is -5.08. The van der Waals surface area contributed by atoms with E-state index in [0.717, 1.165) is 57.7 Å². The molecule has 0 N–H and O–H groups in total. The van der Waals surface area contributed by atoms with Crippen LogP contribution in [0.1, 0.15) is 51.5 Å². The van der Waals surface area contributed by atoms with Crippen molar-refractivity contribution in [1.29, 1.82) is 0 Å². The van der Waals surface area contributed by atoms with Gasteiger partial charge in [-0.05, 0) is 44.7 Å². The molecule has 0 spiro atoms. The number of urea groups is 1. The molecule has 1 aromatic rings. The molecule has 2 aliphatic rings. The van der Waals surface area contributed by atoms with Crippen LogP contribution in [0.5, 0.6) is 5.88 Å². The molecule has 1 aromatic heterocycles. The van der Waals surface area contributed by atoms with Gasteiger partial charge in [0.15, 0.2) is 5.78 Å². The van der Waals surface area contributed by atoms with E-state index >= 15 is 0 Å². The summed E-state index contributed by atoms with van der Waals surface area (Å²) < 4.78 is 10.8. The molecule has 1 aliphatic heterocycles. The highest BCUT2D eigenvalue weighted by Crippen LogP contribution is 2.28. The number of Topliss-reactive ketones (excluding diaryl/α,β-unsaturated/α-hetero) is 1. The lowest BCUT2D eigenvalue weighted by Gasteiger charge is -2.30. The number of ketones is 1. The first-order valence-corrected chi connectivity index (χ1v) is 14.4. The van der Waals surface area contributed by atoms with Crippen molar-refractivity contribution in [2.75, 3.05) is 26.8 Å². The number of imide groups is 2. The molecular formula is C30H35N4O11-. The van der Waals surface area contributed by atoms with Crippen LogP contribution < -0.4 is 16.4 Å². The molecule has 15 heteroatoms. The smallest absolute Gasteiger partial charge is 0.334 e. The molecule has 3 rings (SSSR count). The minimum Gasteiger partial charge on any atom is -0.859 e. The molecule has 0 radical (unpaired) electrons. The SMILES string of the molecule is CCOC(=O)CN1C(=O)/C(=C/C=C(/C=C/c2c([O-])n(C)c(=O)n(CC(=O)OCC)c2=O)C(=O)C2CCCCC2)C(=O)N(C)C1=O. The quantitative estimate of drug-likeness (QED) is 0.141. The number of rotatable bonds is 11. The Morgan fingerprint density at radius 1 is 0.889 bits per heavy atom. The topological polar surface area (TPSA) is 194 Å². The van der Waals surface area contributed by atoms with Crippen LogP contribution in [0.15, 0.2) is 39.0 Å². The lowest BCUT2D eigenvalue weighted by Crippen LogP contribution is -2.56. The molecule has 2 fully saturated rings. The third-order valence-electron chi connectivity index (χ3n) is 7.36. The van der Waals surface area contributed by atoms with E-state index < -0.39 is 77.1 Å². The van der Waals surface area contributed by atoms with Gasteiger partial charge in [0, 0.05) is 31.1 Å². The van der Waals surface area contributed by atoms with Gasteiger partial charge in [0.25, 0.3) is 17.4 Å². The molecule has 4 amide bonds. The maximum absolute atomic E-state index is 13.6. The van der Waals surface area contributed by atoms with Crippen LogP contribution >= 0.6 is 0 Å². The van der Waals surface area contributed by atoms with E-state index in [1.807, 2.05) is 0 Å². The fraction of sp³-hybridized carbons (Fsp3) is 0.467. The third kappa shape index (κ3) is 7.72. The Balaban J connectivity index is 2.11. The fourth-order valence-electron chi connectivity index (χ4n) is 4.95. The van der Waals surface area contributed by atoms with Crippen LogP contribution in [0, 0.1) is 5.92 Å². The molecule has 1 aliphatic carbocycles. The van der Waals surface area contributed by atoms with Gasteiger partial charge in [-0.1, -0.05) is 31.4 Å². The maximum Gasteiger partial charge on any atom is 0.334 e. The number of hydrogen-bond donors (Lipinski definition) is 0. The molecule has 0 unspecified atom stereocenters. The van der Waals surface area contributed by atoms with Gasteiger partial charge in [0.2, 0.25) is 0 Å². The highest BCUT2D eigenvalue weighted by atomic mass is 16.5. The number of aromatic nitrogens is 2. The maximum atomic E-state index is 13.6. The predicted octanol–water partition coefficient (Wildman–Crippen LogP) is 0.183. The van der Waals surface area contributed by atoms with Gasteiger partial charge in [-0.25, -0.2) is 19.1 Å². The van der Waals surface area contributed by atoms with E-state index in [0.29, 0.717) is 31.8 Å². The van der Waals surface area contributed by atoms with Gasteiger partial charge in [0.05, 0.1) is 13.2 Å². The van der Waals surface area contributed by atoms with Crippen molar-refractivity contribution in [3.8, 4) is 5.88 Å². The van der Waals surface area contributed by atoms with Crippen LogP contribution in [0.2, 0.25) is 0 Å². The summed E-state index contributed by atoms with van der Waals surface area (Å²) in [7, 11) is 2.25. The van der Waals surface area contributed by atoms with Crippen LogP contribution in [-0.2, 0) is 47.0 Å². The van der Waals surface area contributed by atoms with Gasteiger partial charge in [-0.3, -0.25) is 33.7 Å². The molecule has 2 heterocycles. The second-order valence-corrected chi connectivity index (χ2v) is 10.3. The summed E-state index contributed by atoms with van der Waals surface area (Å²) in [5.41, 5.74) is -3.23. The number of carbonyl (C=O) groups excluding carboxylic acids is 6. The van der Waals surface area contributed by atoms with Gasteiger partial charge in [-0.2, -0.15) is 0 Å². The van der Waals surface area contributed by atoms with Crippen molar-refractivity contribution in [2.24, 2.45) is 13.0 Å². The summed E-state index contributed by atoms with van der Waals surface area (Å²) in [4.78, 5) is 103. The lowest BCUT2D eigenvalue weighted by molar-refractivity contribution is -0.280. The van der Waals surface area contributed by atoms with Gasteiger partial charge in [-0.15, -0.1) is 0 Å². The zero-order chi connectivity index (χ0) is 33.4. The van der Waals surface area contributed by atoms with Crippen molar-refractivity contribution in [3.63, 3.8) is 0 Å². The standard InChI is InChI=1S/C30H36N4O11/c1-5-44-22(35)16-33-27(40)20(25(38)31(3)29(33)42)14-12-19(24(37)18-10-8-7-9-11-18)13-15-21-26(39)32(4)30(43)34(28(21)41)17-23(36)45-6-2/h12-15,18,38H,5-11,16-17H2,1-4H3/p-1/b14-12+,19-13-,21-15+. The summed E-state index contributed by atoms with van der Waals surface area (Å²) in [6, 6.07) is -1.03. The Morgan fingerprint density at radius 2 is 1.49 bits per heavy atom. The first kappa shape index (κ1) is 34.4. The zero-order valence-corrected chi connectivity index (χ0v) is 25.5. The van der Waals surface area contributed by atoms with Crippen molar-refractivity contribution in [1.82, 2.24) is 18.9 Å². The molecule has 1 saturated carbocycles. The number of ether oxygens (including phenoxy) is 2. The molecular weight excluding hydrogens is 592 g/mol. The fourth-order valence-corrected chi connectivity index (χ4v) is 4.95. The molecule has 45 heavy (non-hydrogen) atoms. The second-order valence-electron chi connectivity index (χ2n) is 10.3. The highest BCUT2D eigenvalue weighted by molar-refractivity contribution is 6.29. The molecule has 0 aromatic carbocycles. The van der Waals surface area contributed by atoms with Crippen LogP contribution in [0.4, 0.5) is 4.79 Å². The summed E-state index contributed by atoms with van der Waals surface area (Å²) in [5.74, 6) is -5.56. The van der Waals surface area contributed by atoms with Gasteiger partial charge < -0.3 is 19.1 Å². The highest BCUT2D eigenvalue weighted by Gasteiger charge is 2.41. The Kier molecular flexibility index (Phi) is 11.5. The number of hydrogen-bond acceptors (Lipinski definition) is 11. The number of nitrogens with zero attached hydrogens (tertiary/aromatic N) is 4. The number of likely N-dealkylation sites (N-methyl/N-ethyl adjacent to an activating group) is 1. The van der Waals surface area contributed by atoms with Crippen molar-refractivity contribution < 1.29 is 43.3 Å². The normalized spacial score (nSPS) is 17.4. The second kappa shape index (κ2) is 15.1. The first-order chi connectivity index (χ1) is 21.3. The molecule has 242 valence electrons. The number of allylic oxidation sites excluding steroid dienone is 4. The van der Waals surface area contributed by atoms with E-state index in [2.05, 4.69) is 0 Å². The van der Waals surface area contributed by atoms with Crippen LogP contribution in [0.25, 0.3) is 6.08 Å². The Labute approximate surface area is 258 Å². The van der Waals surface area contributed by atoms with E-state index in [1.54, 1.807) is 13.8 Å². The largest absolute Gasteiger partial charge is 0.859 e. The summed E-state index contributed by atoms with van der Waals surface area (Å²) in [5, 5.41) is 12.9. The lowest BCUT2D eigenvalue weighted by atomic mass is 9.83. The number of esters is 2. The molecule has 0 atom stereocenters.